The van der Waals surface area contributed by atoms with Crippen LogP contribution in [-0.4, -0.2) is 48.3 Å². The Bertz CT molecular complexity index is 699. The lowest BCUT2D eigenvalue weighted by Gasteiger charge is -2.17. The summed E-state index contributed by atoms with van der Waals surface area (Å²) in [5, 5.41) is 0. The van der Waals surface area contributed by atoms with Crippen molar-refractivity contribution >= 4 is 30.8 Å². The van der Waals surface area contributed by atoms with E-state index in [4.69, 9.17) is 24.8 Å². The lowest BCUT2D eigenvalue weighted by molar-refractivity contribution is -0.0179. The monoisotopic (exact) mass is 313 g/mol. The first-order valence-electron chi connectivity index (χ1n) is 6.36. The topological polar surface area (TPSA) is 129 Å². The Kier molecular flexibility index (Phi) is 3.68. The molecule has 2 aromatic heterocycles. The molecule has 2 atom stereocenters. The summed E-state index contributed by atoms with van der Waals surface area (Å²) in [7, 11) is -3.48. The summed E-state index contributed by atoms with van der Waals surface area (Å²) in [6.07, 6.45) is 7.13. The third kappa shape index (κ3) is 3.07. The molecule has 3 rings (SSSR count). The molecule has 21 heavy (non-hydrogen) atoms. The average molecular weight is 313 g/mol. The van der Waals surface area contributed by atoms with Crippen LogP contribution in [0.1, 0.15) is 19.1 Å². The van der Waals surface area contributed by atoms with Gasteiger partial charge in [-0.3, -0.25) is 4.57 Å². The van der Waals surface area contributed by atoms with E-state index < -0.39 is 7.57 Å². The SMILES string of the molecule is C=P(O)(O)OC[C@@H]1CCC(n2cnc3c(N)ncnc32)O1. The van der Waals surface area contributed by atoms with Crippen LogP contribution < -0.4 is 5.73 Å². The van der Waals surface area contributed by atoms with Gasteiger partial charge in [-0.05, 0) is 19.1 Å². The highest BCUT2D eigenvalue weighted by atomic mass is 31.2. The van der Waals surface area contributed by atoms with Crippen molar-refractivity contribution < 1.29 is 19.0 Å². The zero-order chi connectivity index (χ0) is 15.0. The van der Waals surface area contributed by atoms with Crippen molar-refractivity contribution in [1.29, 1.82) is 0 Å². The van der Waals surface area contributed by atoms with Gasteiger partial charge < -0.3 is 24.8 Å². The van der Waals surface area contributed by atoms with Crippen LogP contribution in [0.15, 0.2) is 12.7 Å². The molecule has 0 amide bonds. The van der Waals surface area contributed by atoms with E-state index in [0.717, 1.165) is 12.8 Å². The molecule has 114 valence electrons. The first kappa shape index (κ1) is 14.4. The van der Waals surface area contributed by atoms with E-state index in [1.165, 1.54) is 6.33 Å². The maximum Gasteiger partial charge on any atom is 0.245 e. The van der Waals surface area contributed by atoms with E-state index in [-0.39, 0.29) is 18.9 Å². The van der Waals surface area contributed by atoms with Gasteiger partial charge in [0.05, 0.1) is 19.0 Å². The van der Waals surface area contributed by atoms with Crippen LogP contribution in [0, 0.1) is 0 Å². The Morgan fingerprint density at radius 1 is 1.43 bits per heavy atom. The van der Waals surface area contributed by atoms with Crippen molar-refractivity contribution in [2.24, 2.45) is 0 Å². The molecule has 0 aliphatic carbocycles. The van der Waals surface area contributed by atoms with Gasteiger partial charge in [0.25, 0.3) is 0 Å². The number of imidazole rings is 1. The smallest absolute Gasteiger partial charge is 0.245 e. The van der Waals surface area contributed by atoms with Crippen molar-refractivity contribution in [1.82, 2.24) is 19.5 Å². The van der Waals surface area contributed by atoms with Crippen LogP contribution in [0.25, 0.3) is 11.2 Å². The van der Waals surface area contributed by atoms with Crippen molar-refractivity contribution in [2.45, 2.75) is 25.2 Å². The Balaban J connectivity index is 1.73. The third-order valence-corrected chi connectivity index (χ3v) is 3.81. The van der Waals surface area contributed by atoms with Gasteiger partial charge in [0.15, 0.2) is 11.5 Å². The number of fused-ring (bicyclic) bond motifs is 1. The minimum absolute atomic E-state index is 0.0878. The lowest BCUT2D eigenvalue weighted by atomic mass is 10.2. The highest BCUT2D eigenvalue weighted by Gasteiger charge is 2.29. The molecule has 0 bridgehead atoms. The van der Waals surface area contributed by atoms with E-state index in [2.05, 4.69) is 21.3 Å². The Morgan fingerprint density at radius 3 is 3.00 bits per heavy atom. The van der Waals surface area contributed by atoms with E-state index in [1.807, 2.05) is 0 Å². The number of hydrogen-bond acceptors (Lipinski definition) is 8. The Hall–Kier alpha value is -1.51. The second kappa shape index (κ2) is 5.36. The van der Waals surface area contributed by atoms with Gasteiger partial charge in [-0.2, -0.15) is 0 Å². The first-order chi connectivity index (χ1) is 9.94. The summed E-state index contributed by atoms with van der Waals surface area (Å²) in [5.41, 5.74) is 6.89. The summed E-state index contributed by atoms with van der Waals surface area (Å²) < 4.78 is 12.5. The van der Waals surface area contributed by atoms with Crippen molar-refractivity contribution in [3.05, 3.63) is 12.7 Å². The van der Waals surface area contributed by atoms with E-state index in [9.17, 15) is 0 Å². The highest BCUT2D eigenvalue weighted by molar-refractivity contribution is 7.57. The molecule has 10 heteroatoms. The summed E-state index contributed by atoms with van der Waals surface area (Å²) in [5.74, 6) is 0.323. The predicted molar refractivity (Wildman–Crippen MR) is 77.3 cm³/mol. The first-order valence-corrected chi connectivity index (χ1v) is 8.16. The third-order valence-electron chi connectivity index (χ3n) is 3.25. The molecule has 0 saturated carbocycles. The largest absolute Gasteiger partial charge is 0.382 e. The normalized spacial score (nSPS) is 23.0. The van der Waals surface area contributed by atoms with Crippen LogP contribution in [0.3, 0.4) is 0 Å². The van der Waals surface area contributed by atoms with Gasteiger partial charge in [0.1, 0.15) is 18.1 Å². The molecular formula is C11H16N5O4P. The van der Waals surface area contributed by atoms with Gasteiger partial charge in [0.2, 0.25) is 7.57 Å². The number of ether oxygens (including phenoxy) is 1. The van der Waals surface area contributed by atoms with Crippen LogP contribution in [0.5, 0.6) is 0 Å². The fourth-order valence-corrected chi connectivity index (χ4v) is 2.70. The fourth-order valence-electron chi connectivity index (χ4n) is 2.30. The maximum absolute atomic E-state index is 9.13. The van der Waals surface area contributed by atoms with Gasteiger partial charge >= 0.3 is 0 Å². The minimum Gasteiger partial charge on any atom is -0.382 e. The molecule has 0 spiro atoms. The second-order valence-corrected chi connectivity index (χ2v) is 6.42. The Morgan fingerprint density at radius 2 is 2.24 bits per heavy atom. The quantitative estimate of drug-likeness (QED) is 0.687. The number of rotatable bonds is 4. The van der Waals surface area contributed by atoms with Gasteiger partial charge in [0, 0.05) is 0 Å². The van der Waals surface area contributed by atoms with Crippen molar-refractivity contribution in [3.8, 4) is 0 Å². The molecule has 4 N–H and O–H groups in total. The number of nitrogen functional groups attached to an aromatic ring is 1. The van der Waals surface area contributed by atoms with Crippen LogP contribution in [0.2, 0.25) is 0 Å². The number of aromatic nitrogens is 4. The molecule has 1 saturated heterocycles. The van der Waals surface area contributed by atoms with Crippen LogP contribution >= 0.6 is 7.57 Å². The highest BCUT2D eigenvalue weighted by Crippen LogP contribution is 2.38. The van der Waals surface area contributed by atoms with Crippen LogP contribution in [-0.2, 0) is 9.26 Å². The molecule has 1 aliphatic heterocycles. The molecule has 3 heterocycles. The van der Waals surface area contributed by atoms with Crippen molar-refractivity contribution in [3.63, 3.8) is 0 Å². The Labute approximate surface area is 120 Å². The molecular weight excluding hydrogens is 297 g/mol. The maximum atomic E-state index is 9.13. The van der Waals surface area contributed by atoms with E-state index in [0.29, 0.717) is 17.0 Å². The summed E-state index contributed by atoms with van der Waals surface area (Å²) in [4.78, 5) is 30.5. The van der Waals surface area contributed by atoms with Gasteiger partial charge in [-0.1, -0.05) is 0 Å². The zero-order valence-corrected chi connectivity index (χ0v) is 12.1. The predicted octanol–water partition coefficient (Wildman–Crippen LogP) is 0.282. The molecule has 0 radical (unpaired) electrons. The number of anilines is 1. The van der Waals surface area contributed by atoms with Crippen LogP contribution in [0.4, 0.5) is 5.82 Å². The fraction of sp³-hybridized carbons (Fsp3) is 0.455. The van der Waals surface area contributed by atoms with Crippen molar-refractivity contribution in [2.75, 3.05) is 12.3 Å². The average Bonchev–Trinajstić information content (AvgIpc) is 3.02. The number of nitrogens with zero attached hydrogens (tertiary/aromatic N) is 4. The van der Waals surface area contributed by atoms with Gasteiger partial charge in [-0.25, -0.2) is 15.0 Å². The molecule has 1 fully saturated rings. The minimum atomic E-state index is -3.48. The molecule has 9 nitrogen and oxygen atoms in total. The number of hydrogen-bond donors (Lipinski definition) is 3. The molecule has 1 unspecified atom stereocenters. The summed E-state index contributed by atoms with van der Waals surface area (Å²) in [6, 6.07) is 0. The molecule has 2 aromatic rings. The standard InChI is InChI=1S/C11H16N5O4P/c1-21(17,18)19-4-7-2-3-8(20-7)16-6-15-9-10(12)13-5-14-11(9)16/h5-8,17-18H,1-4H2,(H2,12,13,14)/t7-,8?/m0/s1. The second-order valence-electron chi connectivity index (χ2n) is 4.83. The summed E-state index contributed by atoms with van der Waals surface area (Å²) in [6.45, 7) is 0.0878. The molecule has 1 aliphatic rings. The van der Waals surface area contributed by atoms with E-state index in [1.54, 1.807) is 10.9 Å². The lowest BCUT2D eigenvalue weighted by Crippen LogP contribution is -2.16. The van der Waals surface area contributed by atoms with E-state index >= 15 is 0 Å². The van der Waals surface area contributed by atoms with Gasteiger partial charge in [-0.15, -0.1) is 0 Å². The zero-order valence-electron chi connectivity index (χ0n) is 11.2. The molecule has 0 aromatic carbocycles. The summed E-state index contributed by atoms with van der Waals surface area (Å²) >= 11 is 0. The number of nitrogens with two attached hydrogens (primary N) is 1.